The van der Waals surface area contributed by atoms with Crippen LogP contribution in [0.25, 0.3) is 10.5 Å². The average molecular weight is 438 g/mol. The minimum absolute atomic E-state index is 0.0167. The van der Waals surface area contributed by atoms with Gasteiger partial charge in [-0.3, -0.25) is 9.36 Å². The smallest absolute Gasteiger partial charge is 0.258 e. The first-order valence-corrected chi connectivity index (χ1v) is 9.98. The van der Waals surface area contributed by atoms with Crippen molar-refractivity contribution in [2.45, 2.75) is 13.5 Å². The molecule has 0 unspecified atom stereocenters. The third-order valence-corrected chi connectivity index (χ3v) is 5.02. The molecule has 1 aliphatic rings. The van der Waals surface area contributed by atoms with Crippen molar-refractivity contribution in [2.75, 3.05) is 31.2 Å². The zero-order chi connectivity index (χ0) is 22.7. The van der Waals surface area contributed by atoms with Crippen LogP contribution in [0.2, 0.25) is 0 Å². The summed E-state index contributed by atoms with van der Waals surface area (Å²) in [6, 6.07) is 10.1. The predicted octanol–water partition coefficient (Wildman–Crippen LogP) is 3.79. The van der Waals surface area contributed by atoms with Crippen molar-refractivity contribution in [3.63, 3.8) is 0 Å². The molecule has 0 aliphatic carbocycles. The Kier molecular flexibility index (Phi) is 6.14. The van der Waals surface area contributed by atoms with E-state index in [-0.39, 0.29) is 23.8 Å². The fraction of sp³-hybridized carbons (Fsp3) is 0.261. The highest BCUT2D eigenvalue weighted by Crippen LogP contribution is 2.27. The molecule has 2 heterocycles. The average Bonchev–Trinajstić information content (AvgIpc) is 2.77. The van der Waals surface area contributed by atoms with Crippen molar-refractivity contribution < 1.29 is 18.3 Å². The number of nitrogens with zero attached hydrogens (tertiary/aromatic N) is 4. The highest BCUT2D eigenvalue weighted by Gasteiger charge is 2.22. The van der Waals surface area contributed by atoms with E-state index in [2.05, 4.69) is 9.83 Å². The third kappa shape index (κ3) is 4.45. The second-order valence-electron chi connectivity index (χ2n) is 7.24. The number of rotatable bonds is 5. The van der Waals surface area contributed by atoms with Crippen molar-refractivity contribution in [1.29, 1.82) is 0 Å². The van der Waals surface area contributed by atoms with E-state index in [9.17, 15) is 13.6 Å². The Balaban J connectivity index is 1.70. The summed E-state index contributed by atoms with van der Waals surface area (Å²) in [4.78, 5) is 22.0. The van der Waals surface area contributed by atoms with Gasteiger partial charge in [0, 0.05) is 37.0 Å². The Hall–Kier alpha value is -3.77. The Morgan fingerprint density at radius 2 is 1.88 bits per heavy atom. The minimum atomic E-state index is -0.772. The fourth-order valence-electron chi connectivity index (χ4n) is 3.59. The van der Waals surface area contributed by atoms with Crippen LogP contribution in [0.1, 0.15) is 11.5 Å². The minimum Gasteiger partial charge on any atom is -0.487 e. The largest absolute Gasteiger partial charge is 0.487 e. The molecule has 0 atom stereocenters. The van der Waals surface area contributed by atoms with Gasteiger partial charge in [-0.05, 0) is 19.1 Å². The van der Waals surface area contributed by atoms with E-state index in [0.717, 1.165) is 16.7 Å². The number of hydrogen-bond donors (Lipinski definition) is 0. The molecule has 9 heteroatoms. The van der Waals surface area contributed by atoms with Crippen molar-refractivity contribution in [3.05, 3.63) is 87.4 Å². The van der Waals surface area contributed by atoms with Crippen LogP contribution in [-0.4, -0.2) is 35.9 Å². The lowest BCUT2D eigenvalue weighted by atomic mass is 10.2. The van der Waals surface area contributed by atoms with Crippen LogP contribution < -0.4 is 15.2 Å². The number of halogens is 2. The lowest BCUT2D eigenvalue weighted by molar-refractivity contribution is 0.122. The zero-order valence-electron chi connectivity index (χ0n) is 17.3. The van der Waals surface area contributed by atoms with Gasteiger partial charge in [-0.1, -0.05) is 12.1 Å². The molecule has 3 aromatic rings. The molecule has 1 fully saturated rings. The summed E-state index contributed by atoms with van der Waals surface area (Å²) in [5.74, 6) is -0.945. The Morgan fingerprint density at radius 3 is 2.56 bits per heavy atom. The standard InChI is InChI=1S/C23H20F2N4O3/c1-15-10-22(30)29(21(27-15)14-32-18-5-3-4-16(11-18)26-2)17-12-19(24)23(20(25)13-17)28-6-8-31-9-7-28/h3-5,10-13H,6-9,14H2,1H3. The van der Waals surface area contributed by atoms with Gasteiger partial charge in [-0.15, -0.1) is 0 Å². The molecule has 7 nitrogen and oxygen atoms in total. The van der Waals surface area contributed by atoms with Gasteiger partial charge in [0.05, 0.1) is 25.5 Å². The van der Waals surface area contributed by atoms with Crippen LogP contribution >= 0.6 is 0 Å². The van der Waals surface area contributed by atoms with Gasteiger partial charge in [-0.2, -0.15) is 0 Å². The van der Waals surface area contributed by atoms with Crippen molar-refractivity contribution in [2.24, 2.45) is 0 Å². The van der Waals surface area contributed by atoms with Gasteiger partial charge in [0.25, 0.3) is 5.56 Å². The Bertz CT molecular complexity index is 1220. The summed E-state index contributed by atoms with van der Waals surface area (Å²) < 4.78 is 42.0. The molecule has 4 rings (SSSR count). The maximum atomic E-state index is 14.9. The molecule has 0 radical (unpaired) electrons. The first-order valence-electron chi connectivity index (χ1n) is 9.98. The van der Waals surface area contributed by atoms with Crippen LogP contribution in [0.5, 0.6) is 5.75 Å². The lowest BCUT2D eigenvalue weighted by Gasteiger charge is -2.29. The predicted molar refractivity (Wildman–Crippen MR) is 115 cm³/mol. The molecule has 0 bridgehead atoms. The molecule has 32 heavy (non-hydrogen) atoms. The van der Waals surface area contributed by atoms with E-state index in [0.29, 0.717) is 43.4 Å². The molecular weight excluding hydrogens is 418 g/mol. The second kappa shape index (κ2) is 9.16. The zero-order valence-corrected chi connectivity index (χ0v) is 17.3. The number of aromatic nitrogens is 2. The molecular formula is C23H20F2N4O3. The van der Waals surface area contributed by atoms with Crippen LogP contribution in [0.15, 0.2) is 47.3 Å². The number of benzene rings is 2. The highest BCUT2D eigenvalue weighted by molar-refractivity contribution is 5.54. The van der Waals surface area contributed by atoms with E-state index in [1.165, 1.54) is 6.07 Å². The topological polar surface area (TPSA) is 61.0 Å². The summed E-state index contributed by atoms with van der Waals surface area (Å²) in [5, 5.41) is 0. The van der Waals surface area contributed by atoms with Crippen LogP contribution in [-0.2, 0) is 11.3 Å². The van der Waals surface area contributed by atoms with Crippen LogP contribution in [0, 0.1) is 25.1 Å². The molecule has 0 spiro atoms. The molecule has 0 N–H and O–H groups in total. The molecule has 1 aliphatic heterocycles. The molecule has 2 aromatic carbocycles. The highest BCUT2D eigenvalue weighted by atomic mass is 19.1. The van der Waals surface area contributed by atoms with E-state index >= 15 is 0 Å². The summed E-state index contributed by atoms with van der Waals surface area (Å²) in [5.41, 5.74) is 0.247. The van der Waals surface area contributed by atoms with Crippen molar-refractivity contribution >= 4 is 11.4 Å². The maximum absolute atomic E-state index is 14.9. The molecule has 0 amide bonds. The Labute approximate surface area is 183 Å². The van der Waals surface area contributed by atoms with Gasteiger partial charge in [0.15, 0.2) is 23.1 Å². The van der Waals surface area contributed by atoms with Gasteiger partial charge in [0.1, 0.15) is 18.0 Å². The lowest BCUT2D eigenvalue weighted by Crippen LogP contribution is -2.37. The van der Waals surface area contributed by atoms with Gasteiger partial charge in [0.2, 0.25) is 0 Å². The quantitative estimate of drug-likeness (QED) is 0.568. The van der Waals surface area contributed by atoms with E-state index in [4.69, 9.17) is 16.0 Å². The van der Waals surface area contributed by atoms with E-state index < -0.39 is 17.2 Å². The molecule has 164 valence electrons. The number of hydrogen-bond acceptors (Lipinski definition) is 5. The second-order valence-corrected chi connectivity index (χ2v) is 7.24. The van der Waals surface area contributed by atoms with E-state index in [1.54, 1.807) is 36.1 Å². The monoisotopic (exact) mass is 438 g/mol. The summed E-state index contributed by atoms with van der Waals surface area (Å²) in [6.45, 7) is 10.1. The first-order chi connectivity index (χ1) is 15.5. The van der Waals surface area contributed by atoms with Crippen molar-refractivity contribution in [3.8, 4) is 11.4 Å². The van der Waals surface area contributed by atoms with Gasteiger partial charge < -0.3 is 14.4 Å². The van der Waals surface area contributed by atoms with Gasteiger partial charge >= 0.3 is 0 Å². The van der Waals surface area contributed by atoms with Crippen LogP contribution in [0.4, 0.5) is 20.2 Å². The fourth-order valence-corrected chi connectivity index (χ4v) is 3.59. The third-order valence-electron chi connectivity index (χ3n) is 5.02. The summed E-state index contributed by atoms with van der Waals surface area (Å²) >= 11 is 0. The normalized spacial score (nSPS) is 13.6. The number of morpholine rings is 1. The van der Waals surface area contributed by atoms with E-state index in [1.807, 2.05) is 0 Å². The number of aryl methyl sites for hydroxylation is 1. The maximum Gasteiger partial charge on any atom is 0.258 e. The first kappa shape index (κ1) is 21.5. The molecule has 0 saturated carbocycles. The SMILES string of the molecule is [C-]#[N+]c1cccc(OCc2nc(C)cc(=O)n2-c2cc(F)c(N3CCOCC3)c(F)c2)c1. The Morgan fingerprint density at radius 1 is 1.16 bits per heavy atom. The van der Waals surface area contributed by atoms with Crippen LogP contribution in [0.3, 0.4) is 0 Å². The number of anilines is 1. The molecule has 1 aromatic heterocycles. The summed E-state index contributed by atoms with van der Waals surface area (Å²) in [6.07, 6.45) is 0. The summed E-state index contributed by atoms with van der Waals surface area (Å²) in [7, 11) is 0. The number of ether oxygens (including phenoxy) is 2. The van der Waals surface area contributed by atoms with Crippen molar-refractivity contribution in [1.82, 2.24) is 9.55 Å². The van der Waals surface area contributed by atoms with Gasteiger partial charge in [-0.25, -0.2) is 18.6 Å². The molecule has 1 saturated heterocycles.